The van der Waals surface area contributed by atoms with E-state index in [9.17, 15) is 0 Å². The summed E-state index contributed by atoms with van der Waals surface area (Å²) < 4.78 is 0. The summed E-state index contributed by atoms with van der Waals surface area (Å²) in [6, 6.07) is 1.93. The summed E-state index contributed by atoms with van der Waals surface area (Å²) in [5.41, 5.74) is 13.2. The van der Waals surface area contributed by atoms with Crippen molar-refractivity contribution in [3.8, 4) is 0 Å². The normalized spacial score (nSPS) is 23.5. The van der Waals surface area contributed by atoms with Crippen LogP contribution in [-0.4, -0.2) is 10.9 Å². The molecule has 6 N–H and O–H groups in total. The second-order valence-electron chi connectivity index (χ2n) is 4.27. The predicted molar refractivity (Wildman–Crippen MR) is 66.0 cm³/mol. The number of rotatable bonds is 4. The number of nitrogens with one attached hydrogen (secondary N) is 2. The first kappa shape index (κ1) is 11.0. The van der Waals surface area contributed by atoms with Crippen molar-refractivity contribution in [1.82, 2.24) is 4.98 Å². The van der Waals surface area contributed by atoms with Crippen LogP contribution in [0.4, 0.5) is 5.69 Å². The number of anilines is 1. The maximum Gasteiger partial charge on any atom is 0.195 e. The Balaban J connectivity index is 2.20. The Labute approximate surface area is 95.3 Å². The minimum atomic E-state index is -0.691. The highest BCUT2D eigenvalue weighted by Gasteiger charge is 2.33. The Hall–Kier alpha value is -1.49. The number of nitrogens with two attached hydrogens (primary N) is 2. The third-order valence-corrected chi connectivity index (χ3v) is 2.92. The molecule has 1 atom stereocenters. The van der Waals surface area contributed by atoms with E-state index in [1.165, 1.54) is 6.42 Å². The molecule has 1 aliphatic rings. The molecular weight excluding hydrogens is 202 g/mol. The quantitative estimate of drug-likeness (QED) is 0.580. The van der Waals surface area contributed by atoms with Gasteiger partial charge in [-0.05, 0) is 18.9 Å². The molecule has 88 valence electrons. The largest absolute Gasteiger partial charge is 0.370 e. The second-order valence-corrected chi connectivity index (χ2v) is 4.27. The minimum absolute atomic E-state index is 0.395. The third-order valence-electron chi connectivity index (χ3n) is 2.92. The van der Waals surface area contributed by atoms with Crippen LogP contribution >= 0.6 is 0 Å². The molecule has 0 saturated heterocycles. The highest BCUT2D eigenvalue weighted by molar-refractivity contribution is 5.95. The van der Waals surface area contributed by atoms with Crippen molar-refractivity contribution >= 4 is 11.6 Å². The summed E-state index contributed by atoms with van der Waals surface area (Å²) in [5.74, 6) is 0.395. The Morgan fingerprint density at radius 2 is 2.25 bits per heavy atom. The van der Waals surface area contributed by atoms with Crippen LogP contribution in [0.15, 0.2) is 17.3 Å². The average molecular weight is 221 g/mol. The van der Waals surface area contributed by atoms with Gasteiger partial charge in [-0.2, -0.15) is 0 Å². The molecule has 1 aromatic heterocycles. The van der Waals surface area contributed by atoms with Gasteiger partial charge in [-0.1, -0.05) is 19.8 Å². The molecule has 0 aromatic carbocycles. The summed E-state index contributed by atoms with van der Waals surface area (Å²) >= 11 is 0. The number of aliphatic imine (C=N–C) groups is 1. The van der Waals surface area contributed by atoms with Gasteiger partial charge in [0.25, 0.3) is 0 Å². The van der Waals surface area contributed by atoms with Crippen molar-refractivity contribution in [2.24, 2.45) is 16.5 Å². The lowest BCUT2D eigenvalue weighted by Crippen LogP contribution is -2.43. The summed E-state index contributed by atoms with van der Waals surface area (Å²) in [5, 5.41) is 3.00. The molecule has 16 heavy (non-hydrogen) atoms. The van der Waals surface area contributed by atoms with Crippen molar-refractivity contribution in [2.75, 3.05) is 5.32 Å². The zero-order chi connectivity index (χ0) is 11.6. The number of guanidine groups is 1. The third kappa shape index (κ3) is 1.90. The maximum atomic E-state index is 6.31. The van der Waals surface area contributed by atoms with Gasteiger partial charge in [-0.25, -0.2) is 4.99 Å². The number of nitrogens with zero attached hydrogens (tertiary/aromatic N) is 1. The van der Waals surface area contributed by atoms with Gasteiger partial charge in [0, 0.05) is 6.20 Å². The smallest absolute Gasteiger partial charge is 0.195 e. The van der Waals surface area contributed by atoms with E-state index in [4.69, 9.17) is 11.5 Å². The van der Waals surface area contributed by atoms with Crippen LogP contribution in [0.2, 0.25) is 0 Å². The lowest BCUT2D eigenvalue weighted by molar-refractivity contribution is 0.396. The molecule has 5 heteroatoms. The topological polar surface area (TPSA) is 92.2 Å². The molecule has 0 saturated carbocycles. The molecule has 1 unspecified atom stereocenters. The van der Waals surface area contributed by atoms with Gasteiger partial charge in [0.2, 0.25) is 0 Å². The summed E-state index contributed by atoms with van der Waals surface area (Å²) in [4.78, 5) is 7.47. The lowest BCUT2D eigenvalue weighted by Gasteiger charge is -2.30. The van der Waals surface area contributed by atoms with E-state index in [1.807, 2.05) is 12.3 Å². The Kier molecular flexibility index (Phi) is 2.87. The number of H-pyrrole nitrogens is 1. The van der Waals surface area contributed by atoms with Gasteiger partial charge in [0.05, 0.1) is 11.4 Å². The van der Waals surface area contributed by atoms with E-state index in [0.29, 0.717) is 5.96 Å². The van der Waals surface area contributed by atoms with Gasteiger partial charge in [-0.15, -0.1) is 0 Å². The van der Waals surface area contributed by atoms with Gasteiger partial charge >= 0.3 is 0 Å². The Bertz CT molecular complexity index is 395. The van der Waals surface area contributed by atoms with Crippen LogP contribution in [0.5, 0.6) is 0 Å². The van der Waals surface area contributed by atoms with Crippen LogP contribution in [0.3, 0.4) is 0 Å². The molecule has 5 nitrogen and oxygen atoms in total. The van der Waals surface area contributed by atoms with E-state index in [1.54, 1.807) is 0 Å². The monoisotopic (exact) mass is 221 g/mol. The van der Waals surface area contributed by atoms with Crippen molar-refractivity contribution in [2.45, 2.75) is 38.3 Å². The first-order chi connectivity index (χ1) is 7.65. The van der Waals surface area contributed by atoms with Gasteiger partial charge in [-0.3, -0.25) is 0 Å². The number of fused-ring (bicyclic) bond motifs is 1. The van der Waals surface area contributed by atoms with E-state index < -0.39 is 5.66 Å². The maximum absolute atomic E-state index is 6.31. The Morgan fingerprint density at radius 3 is 3.00 bits per heavy atom. The summed E-state index contributed by atoms with van der Waals surface area (Å²) in [6.07, 6.45) is 6.06. The van der Waals surface area contributed by atoms with Crippen LogP contribution in [0, 0.1) is 0 Å². The molecule has 0 spiro atoms. The lowest BCUT2D eigenvalue weighted by atomic mass is 9.97. The molecule has 1 aromatic rings. The van der Waals surface area contributed by atoms with Crippen LogP contribution in [0.25, 0.3) is 0 Å². The molecule has 2 rings (SSSR count). The number of unbranched alkanes of at least 4 members (excludes halogenated alkanes) is 2. The molecule has 0 fully saturated rings. The standard InChI is InChI=1S/C11H19N5/c1-2-3-4-6-11(13)9-8(5-7-14-9)15-10(12)16-11/h5,7,14H,2-4,6,13H2,1H3,(H3,12,15,16). The molecule has 2 heterocycles. The van der Waals surface area contributed by atoms with E-state index >= 15 is 0 Å². The first-order valence-corrected chi connectivity index (χ1v) is 5.75. The Morgan fingerprint density at radius 1 is 1.44 bits per heavy atom. The molecule has 1 aliphatic heterocycles. The zero-order valence-electron chi connectivity index (χ0n) is 9.59. The summed E-state index contributed by atoms with van der Waals surface area (Å²) in [7, 11) is 0. The number of hydrogen-bond donors (Lipinski definition) is 4. The molecule has 0 radical (unpaired) electrons. The predicted octanol–water partition coefficient (Wildman–Crippen LogP) is 1.45. The van der Waals surface area contributed by atoms with Crippen LogP contribution in [-0.2, 0) is 5.66 Å². The molecular formula is C11H19N5. The van der Waals surface area contributed by atoms with Gasteiger partial charge in [0.15, 0.2) is 11.6 Å². The van der Waals surface area contributed by atoms with Crippen molar-refractivity contribution in [3.05, 3.63) is 18.0 Å². The minimum Gasteiger partial charge on any atom is -0.370 e. The van der Waals surface area contributed by atoms with Crippen LogP contribution < -0.4 is 16.8 Å². The SMILES string of the molecule is CCCCCC1(N)N=C(N)Nc2cc[nH]c21. The fourth-order valence-corrected chi connectivity index (χ4v) is 2.09. The average Bonchev–Trinajstić information content (AvgIpc) is 2.66. The number of aromatic nitrogens is 1. The number of aromatic amines is 1. The molecule has 0 aliphatic carbocycles. The second kappa shape index (κ2) is 4.17. The highest BCUT2D eigenvalue weighted by atomic mass is 15.2. The van der Waals surface area contributed by atoms with E-state index in [0.717, 1.165) is 30.6 Å². The highest BCUT2D eigenvalue weighted by Crippen LogP contribution is 2.33. The van der Waals surface area contributed by atoms with Crippen LogP contribution in [0.1, 0.15) is 38.3 Å². The van der Waals surface area contributed by atoms with Gasteiger partial charge < -0.3 is 21.8 Å². The molecule has 0 bridgehead atoms. The van der Waals surface area contributed by atoms with Crippen molar-refractivity contribution in [3.63, 3.8) is 0 Å². The molecule has 0 amide bonds. The number of hydrogen-bond acceptors (Lipinski definition) is 4. The van der Waals surface area contributed by atoms with Gasteiger partial charge in [0.1, 0.15) is 0 Å². The van der Waals surface area contributed by atoms with E-state index in [2.05, 4.69) is 22.2 Å². The fourth-order valence-electron chi connectivity index (χ4n) is 2.09. The van der Waals surface area contributed by atoms with Crippen molar-refractivity contribution in [1.29, 1.82) is 0 Å². The first-order valence-electron chi connectivity index (χ1n) is 5.75. The zero-order valence-corrected chi connectivity index (χ0v) is 9.59. The summed E-state index contributed by atoms with van der Waals surface area (Å²) in [6.45, 7) is 2.17. The van der Waals surface area contributed by atoms with Crippen molar-refractivity contribution < 1.29 is 0 Å². The fraction of sp³-hybridized carbons (Fsp3) is 0.545. The van der Waals surface area contributed by atoms with E-state index in [-0.39, 0.29) is 0 Å².